The highest BCUT2D eigenvalue weighted by molar-refractivity contribution is 7.91. The van der Waals surface area contributed by atoms with Crippen LogP contribution in [0.1, 0.15) is 31.1 Å². The molecule has 25 heavy (non-hydrogen) atoms. The number of thiophene rings is 1. The van der Waals surface area contributed by atoms with Gasteiger partial charge in [0.1, 0.15) is 9.81 Å². The number of aliphatic hydroxyl groups is 1. The highest BCUT2D eigenvalue weighted by Gasteiger charge is 2.67. The molecule has 0 aliphatic heterocycles. The lowest BCUT2D eigenvalue weighted by Crippen LogP contribution is -2.55. The quantitative estimate of drug-likeness (QED) is 0.737. The summed E-state index contributed by atoms with van der Waals surface area (Å²) in [6, 6.07) is 3.29. The first kappa shape index (κ1) is 17.2. The molecule has 0 amide bonds. The van der Waals surface area contributed by atoms with E-state index in [1.165, 1.54) is 17.4 Å². The van der Waals surface area contributed by atoms with E-state index in [-0.39, 0.29) is 21.6 Å². The minimum Gasteiger partial charge on any atom is -0.478 e. The number of carboxylic acid groups (broad SMARTS) is 1. The van der Waals surface area contributed by atoms with Crippen molar-refractivity contribution >= 4 is 27.3 Å². The molecule has 1 aromatic heterocycles. The first-order chi connectivity index (χ1) is 11.6. The minimum absolute atomic E-state index is 0.000882. The number of carboxylic acids is 1. The summed E-state index contributed by atoms with van der Waals surface area (Å²) in [5.74, 6) is -1.04. The van der Waals surface area contributed by atoms with Crippen molar-refractivity contribution in [1.82, 2.24) is 4.72 Å². The maximum Gasteiger partial charge on any atom is 0.334 e. The molecule has 0 bridgehead atoms. The van der Waals surface area contributed by atoms with Gasteiger partial charge in [0.15, 0.2) is 0 Å². The molecule has 136 valence electrons. The molecule has 1 aromatic rings. The van der Waals surface area contributed by atoms with Gasteiger partial charge >= 0.3 is 5.97 Å². The molecule has 8 heteroatoms. The zero-order chi connectivity index (χ0) is 18.2. The van der Waals surface area contributed by atoms with Gasteiger partial charge in [-0.15, -0.1) is 11.3 Å². The van der Waals surface area contributed by atoms with Crippen LogP contribution in [0, 0.1) is 24.7 Å². The van der Waals surface area contributed by atoms with E-state index in [0.717, 1.165) is 17.7 Å². The van der Waals surface area contributed by atoms with Gasteiger partial charge in [-0.25, -0.2) is 17.9 Å². The van der Waals surface area contributed by atoms with Crippen molar-refractivity contribution in [2.75, 3.05) is 0 Å². The van der Waals surface area contributed by atoms with Crippen molar-refractivity contribution < 1.29 is 23.4 Å². The van der Waals surface area contributed by atoms with Gasteiger partial charge in [0, 0.05) is 10.4 Å². The van der Waals surface area contributed by atoms with Crippen LogP contribution in [0.5, 0.6) is 0 Å². The molecule has 2 fully saturated rings. The highest BCUT2D eigenvalue weighted by Crippen LogP contribution is 2.65. The summed E-state index contributed by atoms with van der Waals surface area (Å²) in [5, 5.41) is 20.7. The number of nitrogens with one attached hydrogen (secondary N) is 1. The van der Waals surface area contributed by atoms with Crippen LogP contribution < -0.4 is 4.72 Å². The number of aliphatic carboxylic acids is 1. The third-order valence-electron chi connectivity index (χ3n) is 5.84. The smallest absolute Gasteiger partial charge is 0.334 e. The number of hydrogen-bond acceptors (Lipinski definition) is 5. The van der Waals surface area contributed by atoms with Crippen molar-refractivity contribution in [2.24, 2.45) is 17.8 Å². The molecular formula is C17H21NO5S2. The van der Waals surface area contributed by atoms with E-state index in [1.807, 2.05) is 6.92 Å². The van der Waals surface area contributed by atoms with Crippen LogP contribution in [-0.4, -0.2) is 35.7 Å². The maximum atomic E-state index is 12.7. The van der Waals surface area contributed by atoms with Crippen LogP contribution in [0.25, 0.3) is 0 Å². The molecular weight excluding hydrogens is 362 g/mol. The lowest BCUT2D eigenvalue weighted by atomic mass is 9.68. The fraction of sp³-hybridized carbons (Fsp3) is 0.588. The van der Waals surface area contributed by atoms with E-state index in [0.29, 0.717) is 12.3 Å². The summed E-state index contributed by atoms with van der Waals surface area (Å²) in [6.45, 7) is 3.52. The first-order valence-corrected chi connectivity index (χ1v) is 10.6. The molecule has 3 aliphatic carbocycles. The van der Waals surface area contributed by atoms with Crippen molar-refractivity contribution in [3.8, 4) is 0 Å². The molecule has 2 saturated carbocycles. The predicted molar refractivity (Wildman–Crippen MR) is 92.8 cm³/mol. The second-order valence-corrected chi connectivity index (χ2v) is 11.0. The van der Waals surface area contributed by atoms with Crippen molar-refractivity contribution in [3.05, 3.63) is 28.7 Å². The van der Waals surface area contributed by atoms with Crippen LogP contribution >= 0.6 is 11.3 Å². The number of aryl methyl sites for hydroxylation is 1. The molecule has 0 spiro atoms. The number of rotatable bonds is 4. The average molecular weight is 383 g/mol. The third kappa shape index (κ3) is 2.58. The number of carbonyl (C=O) groups is 1. The van der Waals surface area contributed by atoms with E-state index in [9.17, 15) is 23.4 Å². The van der Waals surface area contributed by atoms with Crippen LogP contribution in [0.2, 0.25) is 0 Å². The Labute approximate surface area is 150 Å². The summed E-state index contributed by atoms with van der Waals surface area (Å²) in [7, 11) is -3.75. The van der Waals surface area contributed by atoms with Crippen molar-refractivity contribution in [1.29, 1.82) is 0 Å². The van der Waals surface area contributed by atoms with E-state index in [2.05, 4.69) is 4.72 Å². The van der Waals surface area contributed by atoms with Gasteiger partial charge in [-0.2, -0.15) is 0 Å². The Morgan fingerprint density at radius 1 is 1.36 bits per heavy atom. The SMILES string of the molecule is Cc1ccc(S(=O)(=O)N[C@@]2(C)C=C(C(=O)O)[C@@]3(O)C(CC4C[C@H]43)C2)s1. The molecule has 5 atom stereocenters. The Morgan fingerprint density at radius 2 is 2.08 bits per heavy atom. The summed E-state index contributed by atoms with van der Waals surface area (Å²) < 4.78 is 28.3. The second-order valence-electron chi connectivity index (χ2n) is 7.82. The molecule has 6 nitrogen and oxygen atoms in total. The Kier molecular flexibility index (Phi) is 3.55. The van der Waals surface area contributed by atoms with E-state index >= 15 is 0 Å². The maximum absolute atomic E-state index is 12.7. The lowest BCUT2D eigenvalue weighted by Gasteiger charge is -2.44. The zero-order valence-electron chi connectivity index (χ0n) is 14.0. The Hall–Kier alpha value is -1.22. The lowest BCUT2D eigenvalue weighted by molar-refractivity contribution is -0.137. The van der Waals surface area contributed by atoms with Gasteiger partial charge in [-0.05, 0) is 63.0 Å². The normalized spacial score (nSPS) is 39.5. The Morgan fingerprint density at radius 3 is 2.68 bits per heavy atom. The van der Waals surface area contributed by atoms with Crippen LogP contribution in [-0.2, 0) is 14.8 Å². The van der Waals surface area contributed by atoms with E-state index in [4.69, 9.17) is 0 Å². The topological polar surface area (TPSA) is 104 Å². The van der Waals surface area contributed by atoms with Gasteiger partial charge in [0.05, 0.1) is 5.57 Å². The van der Waals surface area contributed by atoms with E-state index < -0.39 is 27.1 Å². The Balaban J connectivity index is 1.71. The molecule has 0 saturated heterocycles. The summed E-state index contributed by atoms with van der Waals surface area (Å²) in [6.07, 6.45) is 3.43. The summed E-state index contributed by atoms with van der Waals surface area (Å²) in [5.41, 5.74) is -2.40. The molecule has 0 aromatic carbocycles. The second kappa shape index (κ2) is 5.16. The number of fused-ring (bicyclic) bond motifs is 3. The van der Waals surface area contributed by atoms with Gasteiger partial charge in [0.25, 0.3) is 10.0 Å². The van der Waals surface area contributed by atoms with Crippen molar-refractivity contribution in [2.45, 2.75) is 48.5 Å². The molecule has 3 aliphatic rings. The Bertz CT molecular complexity index is 889. The largest absolute Gasteiger partial charge is 0.478 e. The van der Waals surface area contributed by atoms with Crippen LogP contribution in [0.4, 0.5) is 0 Å². The van der Waals surface area contributed by atoms with Gasteiger partial charge in [-0.1, -0.05) is 6.08 Å². The molecule has 4 rings (SSSR count). The number of hydrogen-bond donors (Lipinski definition) is 3. The highest BCUT2D eigenvalue weighted by atomic mass is 32.2. The monoisotopic (exact) mass is 383 g/mol. The van der Waals surface area contributed by atoms with Gasteiger partial charge < -0.3 is 10.2 Å². The summed E-state index contributed by atoms with van der Waals surface area (Å²) >= 11 is 1.18. The van der Waals surface area contributed by atoms with Crippen molar-refractivity contribution in [3.63, 3.8) is 0 Å². The molecule has 3 N–H and O–H groups in total. The average Bonchev–Trinajstić information content (AvgIpc) is 3.02. The fourth-order valence-electron chi connectivity index (χ4n) is 4.78. The summed E-state index contributed by atoms with van der Waals surface area (Å²) in [4.78, 5) is 12.7. The zero-order valence-corrected chi connectivity index (χ0v) is 15.7. The fourth-order valence-corrected chi connectivity index (χ4v) is 7.43. The third-order valence-corrected chi connectivity index (χ3v) is 8.95. The molecule has 0 radical (unpaired) electrons. The van der Waals surface area contributed by atoms with Gasteiger partial charge in [0.2, 0.25) is 0 Å². The predicted octanol–water partition coefficient (Wildman–Crippen LogP) is 1.90. The first-order valence-electron chi connectivity index (χ1n) is 8.34. The molecule has 1 heterocycles. The minimum atomic E-state index is -3.75. The molecule has 2 unspecified atom stereocenters. The number of sulfonamides is 1. The standard InChI is InChI=1S/C17H21NO5S2/c1-9-3-4-14(24-9)25(22,23)18-16(2)7-11-5-10-6-12(10)17(11,21)13(8-16)15(19)20/h3-4,8,10-12,18,21H,5-7H2,1-2H3,(H,19,20)/t10?,11?,12-,16-,17-/m1/s1. The van der Waals surface area contributed by atoms with E-state index in [1.54, 1.807) is 19.1 Å². The van der Waals surface area contributed by atoms with Crippen LogP contribution in [0.3, 0.4) is 0 Å². The van der Waals surface area contributed by atoms with Gasteiger partial charge in [-0.3, -0.25) is 0 Å². The van der Waals surface area contributed by atoms with Crippen LogP contribution in [0.15, 0.2) is 28.0 Å².